The summed E-state index contributed by atoms with van der Waals surface area (Å²) >= 11 is 12.3. The van der Waals surface area contributed by atoms with Crippen LogP contribution in [0, 0.1) is 11.3 Å². The van der Waals surface area contributed by atoms with E-state index in [0.717, 1.165) is 42.6 Å². The summed E-state index contributed by atoms with van der Waals surface area (Å²) in [6, 6.07) is 22.2. The Hall–Kier alpha value is -3.57. The van der Waals surface area contributed by atoms with Crippen LogP contribution in [0.5, 0.6) is 0 Å². The molecule has 0 aliphatic carbocycles. The van der Waals surface area contributed by atoms with Gasteiger partial charge in [-0.05, 0) is 66.9 Å². The zero-order chi connectivity index (χ0) is 27.9. The lowest BCUT2D eigenvalue weighted by Gasteiger charge is -2.34. The van der Waals surface area contributed by atoms with Crippen molar-refractivity contribution in [2.75, 3.05) is 44.7 Å². The summed E-state index contributed by atoms with van der Waals surface area (Å²) in [5.41, 5.74) is 9.34. The Morgan fingerprint density at radius 3 is 2.36 bits per heavy atom. The predicted octanol–water partition coefficient (Wildman–Crippen LogP) is 5.38. The average molecular weight is 565 g/mol. The first-order valence-electron chi connectivity index (χ1n) is 12.8. The highest BCUT2D eigenvalue weighted by Gasteiger charge is 2.27. The number of nitrogens with two attached hydrogens (primary N) is 1. The number of halogens is 2. The molecule has 0 spiro atoms. The number of rotatable bonds is 10. The number of amides is 2. The van der Waals surface area contributed by atoms with Gasteiger partial charge in [0.2, 0.25) is 11.8 Å². The van der Waals surface area contributed by atoms with Gasteiger partial charge in [0.25, 0.3) is 0 Å². The molecule has 2 amide bonds. The van der Waals surface area contributed by atoms with Gasteiger partial charge in [0.1, 0.15) is 6.54 Å². The molecule has 4 rings (SSSR count). The topological polar surface area (TPSA) is 93.7 Å². The maximum Gasteiger partial charge on any atom is 0.249 e. The van der Waals surface area contributed by atoms with E-state index in [-0.39, 0.29) is 25.0 Å². The molecule has 1 aliphatic heterocycles. The highest BCUT2D eigenvalue weighted by molar-refractivity contribution is 6.42. The molecule has 2 N–H and O–H groups in total. The molecule has 1 aliphatic rings. The summed E-state index contributed by atoms with van der Waals surface area (Å²) in [5.74, 6) is -0.598. The van der Waals surface area contributed by atoms with Gasteiger partial charge in [0.15, 0.2) is 0 Å². The van der Waals surface area contributed by atoms with Crippen molar-refractivity contribution < 1.29 is 9.59 Å². The van der Waals surface area contributed by atoms with Crippen LogP contribution in [0.3, 0.4) is 0 Å². The molecule has 0 aromatic heterocycles. The zero-order valence-electron chi connectivity index (χ0n) is 21.8. The third kappa shape index (κ3) is 6.90. The lowest BCUT2D eigenvalue weighted by atomic mass is 9.96. The van der Waals surface area contributed by atoms with Crippen molar-refractivity contribution in [1.82, 2.24) is 9.80 Å². The first-order valence-corrected chi connectivity index (χ1v) is 13.6. The summed E-state index contributed by atoms with van der Waals surface area (Å²) < 4.78 is 0. The second kappa shape index (κ2) is 13.0. The molecule has 9 heteroatoms. The number of primary amides is 1. The van der Waals surface area contributed by atoms with Crippen LogP contribution in [-0.2, 0) is 4.79 Å². The fourth-order valence-corrected chi connectivity index (χ4v) is 5.24. The van der Waals surface area contributed by atoms with Gasteiger partial charge < -0.3 is 20.4 Å². The van der Waals surface area contributed by atoms with Crippen LogP contribution < -0.4 is 10.6 Å². The summed E-state index contributed by atoms with van der Waals surface area (Å²) in [7, 11) is 1.80. The molecule has 39 heavy (non-hydrogen) atoms. The molecule has 1 heterocycles. The Morgan fingerprint density at radius 1 is 1.03 bits per heavy atom. The molecule has 1 atom stereocenters. The van der Waals surface area contributed by atoms with Gasteiger partial charge in [0, 0.05) is 24.8 Å². The van der Waals surface area contributed by atoms with E-state index in [1.54, 1.807) is 47.2 Å². The molecule has 3 aromatic carbocycles. The maximum atomic E-state index is 13.6. The summed E-state index contributed by atoms with van der Waals surface area (Å²) in [4.78, 5) is 31.4. The Balaban J connectivity index is 1.59. The molecule has 0 bridgehead atoms. The monoisotopic (exact) mass is 563 g/mol. The molecule has 7 nitrogen and oxygen atoms in total. The van der Waals surface area contributed by atoms with Crippen molar-refractivity contribution >= 4 is 40.7 Å². The first-order chi connectivity index (χ1) is 18.8. The fraction of sp³-hybridized carbons (Fsp3) is 0.300. The Kier molecular flexibility index (Phi) is 9.47. The molecule has 1 saturated heterocycles. The smallest absolute Gasteiger partial charge is 0.249 e. The van der Waals surface area contributed by atoms with E-state index in [1.165, 1.54) is 0 Å². The average Bonchev–Trinajstić information content (AvgIpc) is 3.46. The zero-order valence-corrected chi connectivity index (χ0v) is 23.3. The number of nitriles is 1. The molecular formula is C30H31Cl2N5O2. The van der Waals surface area contributed by atoms with E-state index in [4.69, 9.17) is 28.9 Å². The van der Waals surface area contributed by atoms with Crippen LogP contribution in [-0.4, -0.2) is 61.4 Å². The largest absolute Gasteiger partial charge is 0.366 e. The third-order valence-electron chi connectivity index (χ3n) is 7.15. The van der Waals surface area contributed by atoms with Crippen LogP contribution in [0.1, 0.15) is 34.8 Å². The maximum absolute atomic E-state index is 13.6. The van der Waals surface area contributed by atoms with E-state index < -0.39 is 5.91 Å². The molecular weight excluding hydrogens is 533 g/mol. The van der Waals surface area contributed by atoms with Gasteiger partial charge in [-0.2, -0.15) is 5.26 Å². The molecule has 3 aromatic rings. The van der Waals surface area contributed by atoms with Gasteiger partial charge in [-0.15, -0.1) is 0 Å². The minimum absolute atomic E-state index is 0.0165. The minimum Gasteiger partial charge on any atom is -0.366 e. The molecule has 0 radical (unpaired) electrons. The SMILES string of the molecule is CN(C(=O)CN(CC#N)c1ccc(Cl)c(Cl)c1)C(CN1CCCC1)c1ccc(-c2ccccc2C(N)=O)cc1. The van der Waals surface area contributed by atoms with E-state index in [0.29, 0.717) is 27.8 Å². The number of hydrogen-bond acceptors (Lipinski definition) is 5. The fourth-order valence-electron chi connectivity index (χ4n) is 4.95. The molecule has 202 valence electrons. The highest BCUT2D eigenvalue weighted by Crippen LogP contribution is 2.30. The minimum atomic E-state index is -0.476. The van der Waals surface area contributed by atoms with Crippen molar-refractivity contribution in [3.63, 3.8) is 0 Å². The van der Waals surface area contributed by atoms with Crippen molar-refractivity contribution in [2.45, 2.75) is 18.9 Å². The normalized spacial score (nSPS) is 14.0. The Labute approximate surface area is 239 Å². The number of likely N-dealkylation sites (N-methyl/N-ethyl adjacent to an activating group) is 1. The predicted molar refractivity (Wildman–Crippen MR) is 156 cm³/mol. The summed E-state index contributed by atoms with van der Waals surface area (Å²) in [6.07, 6.45) is 2.28. The van der Waals surface area contributed by atoms with Crippen LogP contribution in [0.25, 0.3) is 11.1 Å². The Morgan fingerprint density at radius 2 is 1.72 bits per heavy atom. The first kappa shape index (κ1) is 28.4. The second-order valence-corrected chi connectivity index (χ2v) is 10.5. The number of carbonyl (C=O) groups is 2. The third-order valence-corrected chi connectivity index (χ3v) is 7.88. The number of anilines is 1. The summed E-state index contributed by atoms with van der Waals surface area (Å²) in [5, 5.41) is 10.2. The number of hydrogen-bond donors (Lipinski definition) is 1. The van der Waals surface area contributed by atoms with Crippen LogP contribution in [0.4, 0.5) is 5.69 Å². The number of carbonyl (C=O) groups excluding carboxylic acids is 2. The van der Waals surface area contributed by atoms with Crippen LogP contribution >= 0.6 is 23.2 Å². The van der Waals surface area contributed by atoms with Crippen molar-refractivity contribution in [2.24, 2.45) is 5.73 Å². The van der Waals surface area contributed by atoms with E-state index in [9.17, 15) is 14.9 Å². The molecule has 1 fully saturated rings. The van der Waals surface area contributed by atoms with Gasteiger partial charge in [0.05, 0.1) is 28.7 Å². The van der Waals surface area contributed by atoms with Crippen molar-refractivity contribution in [3.8, 4) is 17.2 Å². The number of benzene rings is 3. The van der Waals surface area contributed by atoms with Crippen molar-refractivity contribution in [1.29, 1.82) is 5.26 Å². The van der Waals surface area contributed by atoms with Gasteiger partial charge >= 0.3 is 0 Å². The number of nitrogens with zero attached hydrogens (tertiary/aromatic N) is 4. The lowest BCUT2D eigenvalue weighted by molar-refractivity contribution is -0.131. The van der Waals surface area contributed by atoms with Crippen LogP contribution in [0.2, 0.25) is 10.0 Å². The van der Waals surface area contributed by atoms with E-state index in [1.807, 2.05) is 36.4 Å². The van der Waals surface area contributed by atoms with Gasteiger partial charge in [-0.1, -0.05) is 65.7 Å². The van der Waals surface area contributed by atoms with E-state index in [2.05, 4.69) is 11.0 Å². The molecule has 0 saturated carbocycles. The number of likely N-dealkylation sites (tertiary alicyclic amines) is 1. The van der Waals surface area contributed by atoms with Gasteiger partial charge in [-0.3, -0.25) is 9.59 Å². The van der Waals surface area contributed by atoms with Gasteiger partial charge in [-0.25, -0.2) is 0 Å². The second-order valence-electron chi connectivity index (χ2n) is 9.67. The Bertz CT molecular complexity index is 1370. The molecule has 1 unspecified atom stereocenters. The quantitative estimate of drug-likeness (QED) is 0.334. The van der Waals surface area contributed by atoms with Crippen molar-refractivity contribution in [3.05, 3.63) is 87.9 Å². The standard InChI is InChI=1S/C30H31Cl2N5O2/c1-35(29(38)20-37(17-14-33)23-12-13-26(31)27(32)18-23)28(19-36-15-4-5-16-36)22-10-8-21(9-11-22)24-6-2-3-7-25(24)30(34)39/h2-3,6-13,18,28H,4-5,15-17,19-20H2,1H3,(H2,34,39). The lowest BCUT2D eigenvalue weighted by Crippen LogP contribution is -2.43. The van der Waals surface area contributed by atoms with E-state index >= 15 is 0 Å². The highest BCUT2D eigenvalue weighted by atomic mass is 35.5. The summed E-state index contributed by atoms with van der Waals surface area (Å²) in [6.45, 7) is 2.73. The van der Waals surface area contributed by atoms with Crippen LogP contribution in [0.15, 0.2) is 66.7 Å².